The monoisotopic (exact) mass is 405 g/mol. The summed E-state index contributed by atoms with van der Waals surface area (Å²) >= 11 is 3.34. The Bertz CT molecular complexity index is 565. The number of amides is 2. The number of halogens is 2. The van der Waals surface area contributed by atoms with Gasteiger partial charge in [-0.2, -0.15) is 0 Å². The van der Waals surface area contributed by atoms with Crippen molar-refractivity contribution in [3.63, 3.8) is 0 Å². The van der Waals surface area contributed by atoms with Gasteiger partial charge >= 0.3 is 0 Å². The highest BCUT2D eigenvalue weighted by atomic mass is 79.9. The Labute approximate surface area is 150 Å². The molecule has 2 rings (SSSR count). The molecule has 1 aromatic rings. The van der Waals surface area contributed by atoms with Gasteiger partial charge in [-0.3, -0.25) is 9.59 Å². The van der Waals surface area contributed by atoms with Gasteiger partial charge in [0.05, 0.1) is 19.2 Å². The van der Waals surface area contributed by atoms with Gasteiger partial charge in [0.15, 0.2) is 0 Å². The fraction of sp³-hybridized carbons (Fsp3) is 0.467. The largest absolute Gasteiger partial charge is 0.496 e. The quantitative estimate of drug-likeness (QED) is 0.821. The number of hydrogen-bond acceptors (Lipinski definition) is 4. The van der Waals surface area contributed by atoms with Crippen LogP contribution in [-0.2, 0) is 4.79 Å². The van der Waals surface area contributed by atoms with Crippen LogP contribution in [0.5, 0.6) is 5.75 Å². The van der Waals surface area contributed by atoms with Crippen LogP contribution in [0.15, 0.2) is 22.7 Å². The second-order valence-electron chi connectivity index (χ2n) is 5.14. The molecule has 0 aromatic heterocycles. The molecule has 0 spiro atoms. The van der Waals surface area contributed by atoms with Crippen molar-refractivity contribution in [2.24, 2.45) is 0 Å². The summed E-state index contributed by atoms with van der Waals surface area (Å²) in [5, 5.41) is 3.20. The minimum atomic E-state index is -0.229. The topological polar surface area (TPSA) is 61.9 Å². The zero-order chi connectivity index (χ0) is 16.1. The van der Waals surface area contributed by atoms with Crippen LogP contribution < -0.4 is 10.1 Å². The molecule has 1 aliphatic rings. The average molecular weight is 407 g/mol. The standard InChI is InChI=1S/C15H20BrN3O3.ClH/c1-18(10-14(20)19-7-5-17-6-8-19)15(21)12-4-3-11(16)9-13(12)22-2;/h3-4,9,17H,5-8,10H2,1-2H3;1H. The number of likely N-dealkylation sites (N-methyl/N-ethyl adjacent to an activating group) is 1. The van der Waals surface area contributed by atoms with Gasteiger partial charge in [-0.1, -0.05) is 15.9 Å². The Kier molecular flexibility index (Phi) is 7.81. The van der Waals surface area contributed by atoms with Gasteiger partial charge in [0.2, 0.25) is 5.91 Å². The van der Waals surface area contributed by atoms with E-state index in [2.05, 4.69) is 21.2 Å². The molecule has 1 N–H and O–H groups in total. The summed E-state index contributed by atoms with van der Waals surface area (Å²) in [6.45, 7) is 3.02. The molecule has 6 nitrogen and oxygen atoms in total. The van der Waals surface area contributed by atoms with Crippen molar-refractivity contribution in [3.05, 3.63) is 28.2 Å². The highest BCUT2D eigenvalue weighted by molar-refractivity contribution is 9.10. The predicted octanol–water partition coefficient (Wildman–Crippen LogP) is 1.38. The molecule has 1 heterocycles. The number of methoxy groups -OCH3 is 1. The normalized spacial score (nSPS) is 14.0. The predicted molar refractivity (Wildman–Crippen MR) is 94.4 cm³/mol. The number of rotatable bonds is 4. The minimum Gasteiger partial charge on any atom is -0.496 e. The van der Waals surface area contributed by atoms with E-state index >= 15 is 0 Å². The van der Waals surface area contributed by atoms with Crippen LogP contribution in [0.4, 0.5) is 0 Å². The Morgan fingerprint density at radius 2 is 2.00 bits per heavy atom. The lowest BCUT2D eigenvalue weighted by atomic mass is 10.1. The molecule has 1 fully saturated rings. The minimum absolute atomic E-state index is 0. The zero-order valence-corrected chi connectivity index (χ0v) is 15.6. The van der Waals surface area contributed by atoms with Gasteiger partial charge in [0.1, 0.15) is 5.75 Å². The fourth-order valence-electron chi connectivity index (χ4n) is 2.34. The highest BCUT2D eigenvalue weighted by Gasteiger charge is 2.22. The summed E-state index contributed by atoms with van der Waals surface area (Å²) in [7, 11) is 3.15. The molecular formula is C15H21BrClN3O3. The van der Waals surface area contributed by atoms with Crippen LogP contribution in [-0.4, -0.2) is 68.5 Å². The highest BCUT2D eigenvalue weighted by Crippen LogP contribution is 2.24. The van der Waals surface area contributed by atoms with Gasteiger partial charge in [-0.15, -0.1) is 12.4 Å². The Balaban J connectivity index is 0.00000264. The summed E-state index contributed by atoms with van der Waals surface area (Å²) in [4.78, 5) is 27.9. The third-order valence-electron chi connectivity index (χ3n) is 3.58. The maximum absolute atomic E-state index is 12.5. The number of nitrogens with zero attached hydrogens (tertiary/aromatic N) is 2. The van der Waals surface area contributed by atoms with E-state index in [9.17, 15) is 9.59 Å². The second-order valence-corrected chi connectivity index (χ2v) is 6.05. The van der Waals surface area contributed by atoms with E-state index in [4.69, 9.17) is 4.74 Å². The molecule has 1 aromatic carbocycles. The van der Waals surface area contributed by atoms with E-state index in [1.165, 1.54) is 12.0 Å². The smallest absolute Gasteiger partial charge is 0.257 e. The van der Waals surface area contributed by atoms with Crippen molar-refractivity contribution in [2.75, 3.05) is 46.9 Å². The number of hydrogen-bond donors (Lipinski definition) is 1. The van der Waals surface area contributed by atoms with Crippen LogP contribution in [0, 0.1) is 0 Å². The SMILES string of the molecule is COc1cc(Br)ccc1C(=O)N(C)CC(=O)N1CCNCC1.Cl. The van der Waals surface area contributed by atoms with Crippen LogP contribution in [0.1, 0.15) is 10.4 Å². The zero-order valence-electron chi connectivity index (χ0n) is 13.2. The van der Waals surface area contributed by atoms with Crippen molar-refractivity contribution in [2.45, 2.75) is 0 Å². The molecule has 1 saturated heterocycles. The van der Waals surface area contributed by atoms with Crippen LogP contribution >= 0.6 is 28.3 Å². The molecule has 0 radical (unpaired) electrons. The first-order valence-corrected chi connectivity index (χ1v) is 7.89. The number of carbonyl (C=O) groups excluding carboxylic acids is 2. The van der Waals surface area contributed by atoms with E-state index < -0.39 is 0 Å². The van der Waals surface area contributed by atoms with Gasteiger partial charge < -0.3 is 19.9 Å². The first-order chi connectivity index (χ1) is 10.5. The van der Waals surface area contributed by atoms with Crippen LogP contribution in [0.2, 0.25) is 0 Å². The Morgan fingerprint density at radius 3 is 2.61 bits per heavy atom. The van der Waals surface area contributed by atoms with E-state index in [1.54, 1.807) is 30.1 Å². The van der Waals surface area contributed by atoms with Gasteiger partial charge in [0.25, 0.3) is 5.91 Å². The summed E-state index contributed by atoms with van der Waals surface area (Å²) in [5.74, 6) is 0.224. The third-order valence-corrected chi connectivity index (χ3v) is 4.08. The number of nitrogens with one attached hydrogen (secondary N) is 1. The lowest BCUT2D eigenvalue weighted by Gasteiger charge is -2.29. The summed E-state index contributed by atoms with van der Waals surface area (Å²) in [6.07, 6.45) is 0. The summed E-state index contributed by atoms with van der Waals surface area (Å²) in [6, 6.07) is 5.21. The molecule has 23 heavy (non-hydrogen) atoms. The molecule has 0 saturated carbocycles. The molecule has 128 valence electrons. The summed E-state index contributed by atoms with van der Waals surface area (Å²) in [5.41, 5.74) is 0.446. The second kappa shape index (κ2) is 9.10. The molecule has 0 aliphatic carbocycles. The van der Waals surface area contributed by atoms with Crippen molar-refractivity contribution >= 4 is 40.2 Å². The first kappa shape index (κ1) is 19.7. The molecular weight excluding hydrogens is 386 g/mol. The van der Waals surface area contributed by atoms with E-state index in [-0.39, 0.29) is 30.8 Å². The number of benzene rings is 1. The molecule has 8 heteroatoms. The van der Waals surface area contributed by atoms with Crippen molar-refractivity contribution in [1.29, 1.82) is 0 Å². The van der Waals surface area contributed by atoms with E-state index in [0.717, 1.165) is 17.6 Å². The van der Waals surface area contributed by atoms with Crippen molar-refractivity contribution < 1.29 is 14.3 Å². The first-order valence-electron chi connectivity index (χ1n) is 7.10. The number of carbonyl (C=O) groups is 2. The van der Waals surface area contributed by atoms with Gasteiger partial charge in [-0.25, -0.2) is 0 Å². The van der Waals surface area contributed by atoms with Crippen LogP contribution in [0.3, 0.4) is 0 Å². The average Bonchev–Trinajstić information content (AvgIpc) is 2.54. The summed E-state index contributed by atoms with van der Waals surface area (Å²) < 4.78 is 6.07. The van der Waals surface area contributed by atoms with Crippen LogP contribution in [0.25, 0.3) is 0 Å². The molecule has 0 atom stereocenters. The Hall–Kier alpha value is -1.31. The molecule has 2 amide bonds. The fourth-order valence-corrected chi connectivity index (χ4v) is 2.68. The van der Waals surface area contributed by atoms with E-state index in [1.807, 2.05) is 0 Å². The molecule has 1 aliphatic heterocycles. The maximum Gasteiger partial charge on any atom is 0.257 e. The number of ether oxygens (including phenoxy) is 1. The molecule has 0 unspecified atom stereocenters. The van der Waals surface area contributed by atoms with E-state index in [0.29, 0.717) is 24.4 Å². The lowest BCUT2D eigenvalue weighted by molar-refractivity contribution is -0.132. The number of piperazine rings is 1. The lowest BCUT2D eigenvalue weighted by Crippen LogP contribution is -2.49. The third kappa shape index (κ3) is 5.09. The van der Waals surface area contributed by atoms with Crippen molar-refractivity contribution in [1.82, 2.24) is 15.1 Å². The van der Waals surface area contributed by atoms with Crippen molar-refractivity contribution in [3.8, 4) is 5.75 Å². The van der Waals surface area contributed by atoms with Gasteiger partial charge in [0, 0.05) is 37.7 Å². The Morgan fingerprint density at radius 1 is 1.35 bits per heavy atom. The maximum atomic E-state index is 12.5. The van der Waals surface area contributed by atoms with Gasteiger partial charge in [-0.05, 0) is 18.2 Å². The molecule has 0 bridgehead atoms.